The predicted octanol–water partition coefficient (Wildman–Crippen LogP) is 0.654. The van der Waals surface area contributed by atoms with Crippen molar-refractivity contribution in [2.24, 2.45) is 0 Å². The van der Waals surface area contributed by atoms with E-state index in [0.717, 1.165) is 0 Å². The SMILES string of the molecule is CCN(CC)C(=S)SNS(=O)(=O)O. The third kappa shape index (κ3) is 6.22. The topological polar surface area (TPSA) is 69.6 Å². The lowest BCUT2D eigenvalue weighted by Crippen LogP contribution is -2.30. The van der Waals surface area contributed by atoms with Crippen LogP contribution in [0.4, 0.5) is 0 Å². The quantitative estimate of drug-likeness (QED) is 0.430. The number of thiocarbonyl (C=S) groups is 1. The molecule has 0 aromatic carbocycles. The predicted molar refractivity (Wildman–Crippen MR) is 57.8 cm³/mol. The molecule has 0 aromatic rings. The van der Waals surface area contributed by atoms with Gasteiger partial charge in [0.05, 0.1) is 0 Å². The van der Waals surface area contributed by atoms with E-state index in [4.69, 9.17) is 16.8 Å². The Hall–Kier alpha value is 0.110. The first-order chi connectivity index (χ1) is 5.90. The second kappa shape index (κ2) is 5.76. The Labute approximate surface area is 87.9 Å². The standard InChI is InChI=1S/C5H12N2O3S3/c1-3-7(4-2)5(11)12-6-13(8,9)10/h6H,3-4H2,1-2H3,(H,8,9,10). The number of nitrogens with one attached hydrogen (secondary N) is 1. The third-order valence-corrected chi connectivity index (χ3v) is 3.37. The fourth-order valence-electron chi connectivity index (χ4n) is 0.635. The highest BCUT2D eigenvalue weighted by atomic mass is 32.3. The lowest BCUT2D eigenvalue weighted by atomic mass is 10.6. The van der Waals surface area contributed by atoms with Crippen LogP contribution < -0.4 is 4.13 Å². The van der Waals surface area contributed by atoms with Gasteiger partial charge < -0.3 is 4.90 Å². The van der Waals surface area contributed by atoms with Crippen LogP contribution in [0.2, 0.25) is 0 Å². The van der Waals surface area contributed by atoms with Gasteiger partial charge in [-0.25, -0.2) is 0 Å². The van der Waals surface area contributed by atoms with Gasteiger partial charge >= 0.3 is 10.3 Å². The fraction of sp³-hybridized carbons (Fsp3) is 0.800. The largest absolute Gasteiger partial charge is 0.357 e. The smallest absolute Gasteiger partial charge is 0.343 e. The molecule has 0 radical (unpaired) electrons. The van der Waals surface area contributed by atoms with Gasteiger partial charge in [0.1, 0.15) is 0 Å². The summed E-state index contributed by atoms with van der Waals surface area (Å²) in [5.41, 5.74) is 0. The lowest BCUT2D eigenvalue weighted by Gasteiger charge is -2.19. The molecule has 0 fully saturated rings. The van der Waals surface area contributed by atoms with E-state index >= 15 is 0 Å². The molecule has 0 bridgehead atoms. The Morgan fingerprint density at radius 1 is 1.54 bits per heavy atom. The summed E-state index contributed by atoms with van der Waals surface area (Å²) in [6.07, 6.45) is 0. The average molecular weight is 244 g/mol. The average Bonchev–Trinajstić information content (AvgIpc) is 2.02. The molecule has 0 spiro atoms. The molecule has 0 aliphatic rings. The molecule has 0 saturated carbocycles. The van der Waals surface area contributed by atoms with Crippen molar-refractivity contribution < 1.29 is 13.0 Å². The second-order valence-corrected chi connectivity index (χ2v) is 4.95. The Bertz CT molecular complexity index is 260. The first-order valence-electron chi connectivity index (χ1n) is 3.60. The Morgan fingerprint density at radius 2 is 2.00 bits per heavy atom. The molecule has 0 rings (SSSR count). The van der Waals surface area contributed by atoms with Gasteiger partial charge in [0.15, 0.2) is 4.32 Å². The summed E-state index contributed by atoms with van der Waals surface area (Å²) in [7, 11) is -4.17. The van der Waals surface area contributed by atoms with Crippen LogP contribution >= 0.6 is 24.2 Å². The van der Waals surface area contributed by atoms with Crippen LogP contribution in [0.15, 0.2) is 0 Å². The maximum Gasteiger partial charge on any atom is 0.343 e. The minimum absolute atomic E-state index is 0.391. The molecule has 0 aliphatic carbocycles. The van der Waals surface area contributed by atoms with Gasteiger partial charge in [0.25, 0.3) is 0 Å². The number of hydrogen-bond donors (Lipinski definition) is 2. The molecule has 2 N–H and O–H groups in total. The van der Waals surface area contributed by atoms with Gasteiger partial charge in [0.2, 0.25) is 0 Å². The van der Waals surface area contributed by atoms with Crippen LogP contribution in [0, 0.1) is 0 Å². The van der Waals surface area contributed by atoms with Crippen LogP contribution in [0.3, 0.4) is 0 Å². The lowest BCUT2D eigenvalue weighted by molar-refractivity contribution is 0.478. The molecule has 5 nitrogen and oxygen atoms in total. The highest BCUT2D eigenvalue weighted by Gasteiger charge is 2.09. The van der Waals surface area contributed by atoms with Gasteiger partial charge in [-0.2, -0.15) is 8.42 Å². The maximum absolute atomic E-state index is 10.3. The van der Waals surface area contributed by atoms with Crippen molar-refractivity contribution in [2.45, 2.75) is 13.8 Å². The van der Waals surface area contributed by atoms with E-state index in [2.05, 4.69) is 0 Å². The summed E-state index contributed by atoms with van der Waals surface area (Å²) >= 11 is 5.60. The molecular formula is C5H12N2O3S3. The van der Waals surface area contributed by atoms with E-state index in [-0.39, 0.29) is 0 Å². The summed E-state index contributed by atoms with van der Waals surface area (Å²) in [5, 5.41) is 0. The first kappa shape index (κ1) is 13.1. The molecule has 8 heteroatoms. The van der Waals surface area contributed by atoms with Crippen LogP contribution in [0.5, 0.6) is 0 Å². The van der Waals surface area contributed by atoms with E-state index in [1.165, 1.54) is 0 Å². The Morgan fingerprint density at radius 3 is 2.31 bits per heavy atom. The fourth-order valence-corrected chi connectivity index (χ4v) is 2.29. The van der Waals surface area contributed by atoms with Crippen molar-refractivity contribution in [1.29, 1.82) is 0 Å². The van der Waals surface area contributed by atoms with E-state index in [9.17, 15) is 8.42 Å². The second-order valence-electron chi connectivity index (χ2n) is 2.10. The van der Waals surface area contributed by atoms with E-state index < -0.39 is 10.3 Å². The molecule has 0 unspecified atom stereocenters. The van der Waals surface area contributed by atoms with Gasteiger partial charge in [-0.15, -0.1) is 4.13 Å². The van der Waals surface area contributed by atoms with Crippen LogP contribution in [-0.2, 0) is 10.3 Å². The summed E-state index contributed by atoms with van der Waals surface area (Å²) in [6, 6.07) is 0. The monoisotopic (exact) mass is 244 g/mol. The van der Waals surface area contributed by atoms with Crippen molar-refractivity contribution in [2.75, 3.05) is 13.1 Å². The van der Waals surface area contributed by atoms with Crippen molar-refractivity contribution in [3.05, 3.63) is 0 Å². The zero-order chi connectivity index (χ0) is 10.5. The van der Waals surface area contributed by atoms with Gasteiger partial charge in [-0.05, 0) is 13.8 Å². The van der Waals surface area contributed by atoms with Gasteiger partial charge in [-0.1, -0.05) is 12.2 Å². The first-order valence-corrected chi connectivity index (χ1v) is 6.27. The highest BCUT2D eigenvalue weighted by molar-refractivity contribution is 8.25. The molecule has 0 amide bonds. The molecule has 78 valence electrons. The Balaban J connectivity index is 4.01. The summed E-state index contributed by atoms with van der Waals surface area (Å²) in [6.45, 7) is 5.22. The summed E-state index contributed by atoms with van der Waals surface area (Å²) < 4.78 is 31.1. The van der Waals surface area contributed by atoms with E-state index in [1.807, 2.05) is 18.0 Å². The number of hydrogen-bond acceptors (Lipinski definition) is 4. The molecule has 0 atom stereocenters. The zero-order valence-electron chi connectivity index (χ0n) is 7.35. The van der Waals surface area contributed by atoms with Gasteiger partial charge in [0, 0.05) is 25.0 Å². The molecular weight excluding hydrogens is 232 g/mol. The highest BCUT2D eigenvalue weighted by Crippen LogP contribution is 2.05. The third-order valence-electron chi connectivity index (χ3n) is 1.26. The van der Waals surface area contributed by atoms with E-state index in [0.29, 0.717) is 29.4 Å². The molecule has 13 heavy (non-hydrogen) atoms. The number of nitrogens with zero attached hydrogens (tertiary/aromatic N) is 1. The van der Waals surface area contributed by atoms with Crippen molar-refractivity contribution >= 4 is 38.8 Å². The number of rotatable bonds is 4. The van der Waals surface area contributed by atoms with Crippen LogP contribution in [0.25, 0.3) is 0 Å². The van der Waals surface area contributed by atoms with Crippen molar-refractivity contribution in [3.63, 3.8) is 0 Å². The Kier molecular flexibility index (Phi) is 5.81. The molecule has 0 saturated heterocycles. The molecule has 0 heterocycles. The van der Waals surface area contributed by atoms with Gasteiger partial charge in [-0.3, -0.25) is 4.55 Å². The maximum atomic E-state index is 10.3. The van der Waals surface area contributed by atoms with E-state index in [1.54, 1.807) is 4.90 Å². The normalized spacial score (nSPS) is 11.3. The minimum atomic E-state index is -4.17. The molecule has 0 aliphatic heterocycles. The zero-order valence-corrected chi connectivity index (χ0v) is 9.80. The van der Waals surface area contributed by atoms with Crippen LogP contribution in [-0.4, -0.2) is 35.3 Å². The van der Waals surface area contributed by atoms with Crippen molar-refractivity contribution in [1.82, 2.24) is 9.03 Å². The van der Waals surface area contributed by atoms with Crippen molar-refractivity contribution in [3.8, 4) is 0 Å². The summed E-state index contributed by atoms with van der Waals surface area (Å²) in [4.78, 5) is 1.79. The summed E-state index contributed by atoms with van der Waals surface area (Å²) in [5.74, 6) is 0. The van der Waals surface area contributed by atoms with Crippen LogP contribution in [0.1, 0.15) is 13.8 Å². The minimum Gasteiger partial charge on any atom is -0.357 e. The molecule has 0 aromatic heterocycles.